The van der Waals surface area contributed by atoms with Crippen LogP contribution >= 0.6 is 0 Å². The molecule has 1 aromatic heterocycles. The molecule has 1 aromatic rings. The van der Waals surface area contributed by atoms with Gasteiger partial charge in [-0.05, 0) is 44.0 Å². The van der Waals surface area contributed by atoms with E-state index in [1.54, 1.807) is 0 Å². The smallest absolute Gasteiger partial charge is 0.0387 e. The van der Waals surface area contributed by atoms with Crippen LogP contribution in [0.2, 0.25) is 0 Å². The zero-order valence-electron chi connectivity index (χ0n) is 9.52. The number of hydrogen-bond donors (Lipinski definition) is 1. The maximum absolute atomic E-state index is 5.74. The number of aryl methyl sites for hydroxylation is 1. The molecule has 15 heavy (non-hydrogen) atoms. The summed E-state index contributed by atoms with van der Waals surface area (Å²) in [5.74, 6) is 0.707. The Morgan fingerprint density at radius 1 is 1.53 bits per heavy atom. The van der Waals surface area contributed by atoms with E-state index in [4.69, 9.17) is 5.73 Å². The van der Waals surface area contributed by atoms with Crippen molar-refractivity contribution in [3.63, 3.8) is 0 Å². The van der Waals surface area contributed by atoms with Gasteiger partial charge in [-0.2, -0.15) is 0 Å². The van der Waals surface area contributed by atoms with Crippen LogP contribution in [0.3, 0.4) is 0 Å². The first-order valence-corrected chi connectivity index (χ1v) is 5.82. The number of aromatic nitrogens is 1. The fraction of sp³-hybridized carbons (Fsp3) is 0.667. The molecule has 2 heterocycles. The molecule has 0 spiro atoms. The van der Waals surface area contributed by atoms with Gasteiger partial charge in [0.15, 0.2) is 0 Å². The van der Waals surface area contributed by atoms with E-state index in [2.05, 4.69) is 34.8 Å². The van der Waals surface area contributed by atoms with Crippen LogP contribution in [0.1, 0.15) is 18.5 Å². The maximum Gasteiger partial charge on any atom is 0.0387 e. The normalized spacial score (nSPS) is 23.2. The van der Waals surface area contributed by atoms with Crippen LogP contribution in [0.4, 0.5) is 0 Å². The summed E-state index contributed by atoms with van der Waals surface area (Å²) in [5.41, 5.74) is 7.13. The Hall–Kier alpha value is -0.800. The topological polar surface area (TPSA) is 34.2 Å². The molecule has 1 saturated heterocycles. The second-order valence-corrected chi connectivity index (χ2v) is 4.59. The van der Waals surface area contributed by atoms with E-state index in [1.807, 2.05) is 0 Å². The highest BCUT2D eigenvalue weighted by molar-refractivity contribution is 5.06. The number of nitrogens with zero attached hydrogens (tertiary/aromatic N) is 2. The Kier molecular flexibility index (Phi) is 3.44. The average molecular weight is 207 g/mol. The van der Waals surface area contributed by atoms with Gasteiger partial charge in [0.05, 0.1) is 0 Å². The lowest BCUT2D eigenvalue weighted by Crippen LogP contribution is -2.38. The number of hydrogen-bond acceptors (Lipinski definition) is 2. The van der Waals surface area contributed by atoms with E-state index < -0.39 is 0 Å². The molecule has 1 aliphatic heterocycles. The first kappa shape index (κ1) is 10.7. The zero-order chi connectivity index (χ0) is 10.7. The summed E-state index contributed by atoms with van der Waals surface area (Å²) in [6, 6.07) is 4.31. The summed E-state index contributed by atoms with van der Waals surface area (Å²) in [5, 5.41) is 0. The third-order valence-electron chi connectivity index (χ3n) is 3.37. The Morgan fingerprint density at radius 3 is 3.07 bits per heavy atom. The standard InChI is InChI=1S/C12H21N3/c1-14-6-3-5-12(14)10-15-7-2-4-11(8-13)9-15/h3,5-6,11H,2,4,7-10,13H2,1H3/t11-/m0/s1. The molecule has 0 unspecified atom stereocenters. The van der Waals surface area contributed by atoms with Crippen LogP contribution in [0.25, 0.3) is 0 Å². The third kappa shape index (κ3) is 2.61. The maximum atomic E-state index is 5.74. The minimum Gasteiger partial charge on any atom is -0.353 e. The van der Waals surface area contributed by atoms with E-state index in [9.17, 15) is 0 Å². The Bertz CT molecular complexity index is 306. The molecule has 0 amide bonds. The summed E-state index contributed by atoms with van der Waals surface area (Å²) in [7, 11) is 2.11. The lowest BCUT2D eigenvalue weighted by Gasteiger charge is -2.32. The van der Waals surface area contributed by atoms with Crippen LogP contribution in [-0.2, 0) is 13.6 Å². The zero-order valence-corrected chi connectivity index (χ0v) is 9.52. The Labute approximate surface area is 91.9 Å². The Morgan fingerprint density at radius 2 is 2.40 bits per heavy atom. The van der Waals surface area contributed by atoms with Crippen molar-refractivity contribution in [3.8, 4) is 0 Å². The van der Waals surface area contributed by atoms with Crippen LogP contribution in [0, 0.1) is 5.92 Å². The first-order chi connectivity index (χ1) is 7.29. The van der Waals surface area contributed by atoms with Crippen LogP contribution < -0.4 is 5.73 Å². The molecule has 1 atom stereocenters. The summed E-state index contributed by atoms with van der Waals surface area (Å²) >= 11 is 0. The van der Waals surface area contributed by atoms with Crippen molar-refractivity contribution in [2.24, 2.45) is 18.7 Å². The Balaban J connectivity index is 1.92. The lowest BCUT2D eigenvalue weighted by molar-refractivity contribution is 0.168. The average Bonchev–Trinajstić information content (AvgIpc) is 2.65. The van der Waals surface area contributed by atoms with Crippen molar-refractivity contribution < 1.29 is 0 Å². The molecule has 3 nitrogen and oxygen atoms in total. The van der Waals surface area contributed by atoms with Gasteiger partial charge in [0.25, 0.3) is 0 Å². The molecule has 1 aliphatic rings. The number of rotatable bonds is 3. The lowest BCUT2D eigenvalue weighted by atomic mass is 9.98. The molecular weight excluding hydrogens is 186 g/mol. The van der Waals surface area contributed by atoms with Crippen LogP contribution in [0.15, 0.2) is 18.3 Å². The molecule has 0 aromatic carbocycles. The highest BCUT2D eigenvalue weighted by atomic mass is 15.1. The van der Waals surface area contributed by atoms with Gasteiger partial charge in [-0.1, -0.05) is 0 Å². The van der Waals surface area contributed by atoms with Gasteiger partial charge in [0.1, 0.15) is 0 Å². The van der Waals surface area contributed by atoms with Gasteiger partial charge in [-0.3, -0.25) is 4.90 Å². The van der Waals surface area contributed by atoms with Crippen molar-refractivity contribution in [1.29, 1.82) is 0 Å². The van der Waals surface area contributed by atoms with E-state index in [1.165, 1.54) is 31.6 Å². The summed E-state index contributed by atoms with van der Waals surface area (Å²) < 4.78 is 2.20. The fourth-order valence-electron chi connectivity index (χ4n) is 2.38. The van der Waals surface area contributed by atoms with Crippen molar-refractivity contribution in [2.75, 3.05) is 19.6 Å². The summed E-state index contributed by atoms with van der Waals surface area (Å²) in [4.78, 5) is 2.52. The van der Waals surface area contributed by atoms with Gasteiger partial charge in [-0.25, -0.2) is 0 Å². The highest BCUT2D eigenvalue weighted by Crippen LogP contribution is 2.17. The molecule has 1 fully saturated rings. The minimum absolute atomic E-state index is 0.707. The minimum atomic E-state index is 0.707. The largest absolute Gasteiger partial charge is 0.353 e. The van der Waals surface area contributed by atoms with Crippen molar-refractivity contribution in [2.45, 2.75) is 19.4 Å². The second-order valence-electron chi connectivity index (χ2n) is 4.59. The molecule has 0 saturated carbocycles. The van der Waals surface area contributed by atoms with Crippen molar-refractivity contribution in [3.05, 3.63) is 24.0 Å². The van der Waals surface area contributed by atoms with Crippen molar-refractivity contribution >= 4 is 0 Å². The van der Waals surface area contributed by atoms with Crippen LogP contribution in [-0.4, -0.2) is 29.1 Å². The summed E-state index contributed by atoms with van der Waals surface area (Å²) in [6.07, 6.45) is 4.71. The number of likely N-dealkylation sites (tertiary alicyclic amines) is 1. The number of nitrogens with two attached hydrogens (primary N) is 1. The van der Waals surface area contributed by atoms with Crippen LogP contribution in [0.5, 0.6) is 0 Å². The van der Waals surface area contributed by atoms with Gasteiger partial charge in [0, 0.05) is 32.0 Å². The van der Waals surface area contributed by atoms with E-state index in [-0.39, 0.29) is 0 Å². The quantitative estimate of drug-likeness (QED) is 0.808. The molecular formula is C12H21N3. The third-order valence-corrected chi connectivity index (χ3v) is 3.37. The molecule has 2 N–H and O–H groups in total. The predicted octanol–water partition coefficient (Wildman–Crippen LogP) is 1.20. The van der Waals surface area contributed by atoms with Crippen molar-refractivity contribution in [1.82, 2.24) is 9.47 Å². The van der Waals surface area contributed by atoms with Gasteiger partial charge in [0.2, 0.25) is 0 Å². The summed E-state index contributed by atoms with van der Waals surface area (Å²) in [6.45, 7) is 4.30. The van der Waals surface area contributed by atoms with Gasteiger partial charge in [-0.15, -0.1) is 0 Å². The molecule has 2 rings (SSSR count). The first-order valence-electron chi connectivity index (χ1n) is 5.82. The molecule has 0 bridgehead atoms. The van der Waals surface area contributed by atoms with E-state index >= 15 is 0 Å². The highest BCUT2D eigenvalue weighted by Gasteiger charge is 2.18. The molecule has 0 radical (unpaired) electrons. The molecule has 84 valence electrons. The monoisotopic (exact) mass is 207 g/mol. The fourth-order valence-corrected chi connectivity index (χ4v) is 2.38. The number of piperidine rings is 1. The predicted molar refractivity (Wildman–Crippen MR) is 62.5 cm³/mol. The van der Waals surface area contributed by atoms with Gasteiger partial charge < -0.3 is 10.3 Å². The SMILES string of the molecule is Cn1cccc1CN1CCC[C@@H](CN)C1. The second kappa shape index (κ2) is 4.81. The van der Waals surface area contributed by atoms with E-state index in [0.29, 0.717) is 5.92 Å². The molecule has 3 heteroatoms. The van der Waals surface area contributed by atoms with Gasteiger partial charge >= 0.3 is 0 Å². The van der Waals surface area contributed by atoms with E-state index in [0.717, 1.165) is 13.1 Å². The molecule has 0 aliphatic carbocycles.